The smallest absolute Gasteiger partial charge is 0.281 e. The molecule has 2 atom stereocenters. The van der Waals surface area contributed by atoms with E-state index in [1.165, 1.54) is 18.3 Å². The number of hydrogen-bond acceptors (Lipinski definition) is 5. The van der Waals surface area contributed by atoms with Crippen LogP contribution in [-0.4, -0.2) is 58.6 Å². The third-order valence-electron chi connectivity index (χ3n) is 7.89. The first-order valence-corrected chi connectivity index (χ1v) is 13.8. The number of aromatic nitrogens is 2. The lowest BCUT2D eigenvalue weighted by Crippen LogP contribution is -2.50. The Hall–Kier alpha value is -3.41. The van der Waals surface area contributed by atoms with Crippen LogP contribution in [0.25, 0.3) is 0 Å². The Balaban J connectivity index is 1.28. The summed E-state index contributed by atoms with van der Waals surface area (Å²) in [6, 6.07) is 3.30. The Bertz CT molecular complexity index is 1260. The summed E-state index contributed by atoms with van der Waals surface area (Å²) in [5.41, 5.74) is 0.540. The van der Waals surface area contributed by atoms with Gasteiger partial charge in [0.2, 0.25) is 11.8 Å². The Kier molecular flexibility index (Phi) is 7.89. The van der Waals surface area contributed by atoms with Gasteiger partial charge < -0.3 is 21.3 Å². The zero-order chi connectivity index (χ0) is 28.6. The van der Waals surface area contributed by atoms with Crippen LogP contribution in [0.5, 0.6) is 0 Å². The predicted octanol–water partition coefficient (Wildman–Crippen LogP) is 3.04. The van der Waals surface area contributed by atoms with Crippen molar-refractivity contribution in [1.82, 2.24) is 25.7 Å². The first-order chi connectivity index (χ1) is 19.0. The van der Waals surface area contributed by atoms with E-state index in [9.17, 15) is 23.2 Å². The monoisotopic (exact) mass is 560 g/mol. The lowest BCUT2D eigenvalue weighted by Gasteiger charge is -2.28. The van der Waals surface area contributed by atoms with Crippen LogP contribution in [0.15, 0.2) is 30.5 Å². The molecule has 9 nitrogen and oxygen atoms in total. The van der Waals surface area contributed by atoms with Crippen LogP contribution in [0.4, 0.5) is 18.9 Å². The first kappa shape index (κ1) is 28.1. The van der Waals surface area contributed by atoms with E-state index in [0.29, 0.717) is 17.5 Å². The average molecular weight is 561 g/mol. The second-order valence-corrected chi connectivity index (χ2v) is 11.5. The van der Waals surface area contributed by atoms with Gasteiger partial charge in [0.25, 0.3) is 11.8 Å². The van der Waals surface area contributed by atoms with Crippen LogP contribution in [0.3, 0.4) is 0 Å². The molecule has 2 heterocycles. The summed E-state index contributed by atoms with van der Waals surface area (Å²) in [4.78, 5) is 39.1. The van der Waals surface area contributed by atoms with Gasteiger partial charge >= 0.3 is 0 Å². The number of amides is 3. The highest BCUT2D eigenvalue weighted by atomic mass is 19.3. The number of nitrogens with one attached hydrogen (secondary N) is 4. The highest BCUT2D eigenvalue weighted by Crippen LogP contribution is 2.51. The van der Waals surface area contributed by atoms with E-state index in [1.54, 1.807) is 10.7 Å². The molecule has 2 aromatic rings. The third-order valence-corrected chi connectivity index (χ3v) is 7.89. The molecule has 0 bridgehead atoms. The molecule has 3 aliphatic rings. The van der Waals surface area contributed by atoms with Crippen molar-refractivity contribution in [2.75, 3.05) is 18.4 Å². The Morgan fingerprint density at radius 1 is 1.12 bits per heavy atom. The van der Waals surface area contributed by atoms with E-state index in [1.807, 2.05) is 13.8 Å². The predicted molar refractivity (Wildman–Crippen MR) is 141 cm³/mol. The molecule has 3 amide bonds. The third kappa shape index (κ3) is 6.32. The summed E-state index contributed by atoms with van der Waals surface area (Å²) < 4.78 is 44.2. The van der Waals surface area contributed by atoms with Gasteiger partial charge in [-0.2, -0.15) is 5.10 Å². The second kappa shape index (κ2) is 11.2. The maximum absolute atomic E-state index is 15.0. The summed E-state index contributed by atoms with van der Waals surface area (Å²) >= 11 is 0. The van der Waals surface area contributed by atoms with Crippen molar-refractivity contribution < 1.29 is 27.6 Å². The number of alkyl halides is 2. The molecule has 12 heteroatoms. The molecule has 3 fully saturated rings. The van der Waals surface area contributed by atoms with Crippen molar-refractivity contribution in [1.29, 1.82) is 0 Å². The zero-order valence-corrected chi connectivity index (χ0v) is 22.6. The molecule has 1 saturated heterocycles. The van der Waals surface area contributed by atoms with Crippen molar-refractivity contribution >= 4 is 23.4 Å². The van der Waals surface area contributed by atoms with Crippen LogP contribution < -0.4 is 21.3 Å². The maximum Gasteiger partial charge on any atom is 0.281 e. The van der Waals surface area contributed by atoms with Gasteiger partial charge in [-0.05, 0) is 81.0 Å². The molecule has 2 saturated carbocycles. The van der Waals surface area contributed by atoms with E-state index in [4.69, 9.17) is 0 Å². The normalized spacial score (nSPS) is 20.9. The standard InChI is InChI=1S/C28H35F3N6O3/c1-15(2)37-21(9-10-33-37)26(39)36-25(24(17-4-5-17)18-6-7-18)27(40)34-20-8-3-16(11-19(20)29)12-23(38)35-22-13-32-14-28(22,30)31/h3,8-11,15,17-18,22,24-25,32H,4-7,12-14H2,1-2H3,(H,34,40)(H,35,38)(H,36,39). The number of rotatable bonds is 11. The van der Waals surface area contributed by atoms with E-state index in [2.05, 4.69) is 26.4 Å². The van der Waals surface area contributed by atoms with Gasteiger partial charge in [0, 0.05) is 18.8 Å². The molecule has 1 aliphatic heterocycles. The average Bonchev–Trinajstić information content (AvgIpc) is 3.82. The summed E-state index contributed by atoms with van der Waals surface area (Å²) in [5.74, 6) is -4.77. The quantitative estimate of drug-likeness (QED) is 0.337. The SMILES string of the molecule is CC(C)n1nccc1C(=O)NC(C(=O)Nc1ccc(CC(=O)NC2CNCC2(F)F)cc1F)C(C1CC1)C1CC1. The number of carbonyl (C=O) groups is 3. The minimum Gasteiger partial charge on any atom is -0.346 e. The number of benzene rings is 1. The van der Waals surface area contributed by atoms with Crippen LogP contribution in [0.2, 0.25) is 0 Å². The number of halogens is 3. The first-order valence-electron chi connectivity index (χ1n) is 13.8. The molecule has 5 rings (SSSR count). The van der Waals surface area contributed by atoms with Gasteiger partial charge in [-0.3, -0.25) is 19.1 Å². The topological polar surface area (TPSA) is 117 Å². The fraction of sp³-hybridized carbons (Fsp3) is 0.571. The van der Waals surface area contributed by atoms with E-state index >= 15 is 4.39 Å². The lowest BCUT2D eigenvalue weighted by atomic mass is 9.88. The number of hydrogen-bond donors (Lipinski definition) is 4. The Morgan fingerprint density at radius 2 is 1.82 bits per heavy atom. The van der Waals surface area contributed by atoms with Crippen molar-refractivity contribution in [2.24, 2.45) is 17.8 Å². The van der Waals surface area contributed by atoms with Gasteiger partial charge in [-0.15, -0.1) is 0 Å². The molecule has 1 aromatic carbocycles. The van der Waals surface area contributed by atoms with Crippen LogP contribution in [-0.2, 0) is 16.0 Å². The van der Waals surface area contributed by atoms with E-state index < -0.39 is 48.1 Å². The Labute approximate surface area is 230 Å². The number of nitrogens with zero attached hydrogens (tertiary/aromatic N) is 2. The molecule has 40 heavy (non-hydrogen) atoms. The maximum atomic E-state index is 15.0. The molecule has 0 radical (unpaired) electrons. The van der Waals surface area contributed by atoms with Gasteiger partial charge in [-0.25, -0.2) is 13.2 Å². The highest BCUT2D eigenvalue weighted by molar-refractivity contribution is 6.01. The molecule has 1 aromatic heterocycles. The van der Waals surface area contributed by atoms with Crippen molar-refractivity contribution in [3.8, 4) is 0 Å². The van der Waals surface area contributed by atoms with Crippen LogP contribution in [0, 0.1) is 23.6 Å². The molecule has 2 aliphatic carbocycles. The lowest BCUT2D eigenvalue weighted by molar-refractivity contribution is -0.123. The molecular weight excluding hydrogens is 525 g/mol. The van der Waals surface area contributed by atoms with Gasteiger partial charge in [0.1, 0.15) is 23.6 Å². The highest BCUT2D eigenvalue weighted by Gasteiger charge is 2.48. The fourth-order valence-electron chi connectivity index (χ4n) is 5.57. The largest absolute Gasteiger partial charge is 0.346 e. The Morgan fingerprint density at radius 3 is 2.40 bits per heavy atom. The summed E-state index contributed by atoms with van der Waals surface area (Å²) in [7, 11) is 0. The van der Waals surface area contributed by atoms with Crippen LogP contribution >= 0.6 is 0 Å². The van der Waals surface area contributed by atoms with Crippen molar-refractivity contribution in [3.05, 3.63) is 47.5 Å². The molecule has 0 spiro atoms. The fourth-order valence-corrected chi connectivity index (χ4v) is 5.57. The number of anilines is 1. The van der Waals surface area contributed by atoms with E-state index in [-0.39, 0.29) is 36.2 Å². The minimum atomic E-state index is -3.05. The summed E-state index contributed by atoms with van der Waals surface area (Å²) in [5, 5.41) is 14.6. The second-order valence-electron chi connectivity index (χ2n) is 11.5. The summed E-state index contributed by atoms with van der Waals surface area (Å²) in [6.07, 6.45) is 5.19. The van der Waals surface area contributed by atoms with Gasteiger partial charge in [0.15, 0.2) is 0 Å². The van der Waals surface area contributed by atoms with Gasteiger partial charge in [-0.1, -0.05) is 6.07 Å². The molecule has 4 N–H and O–H groups in total. The number of carbonyl (C=O) groups excluding carboxylic acids is 3. The summed E-state index contributed by atoms with van der Waals surface area (Å²) in [6.45, 7) is 3.26. The minimum absolute atomic E-state index is 0.0434. The van der Waals surface area contributed by atoms with Crippen molar-refractivity contribution in [2.45, 2.75) is 70.0 Å². The molecule has 2 unspecified atom stereocenters. The zero-order valence-electron chi connectivity index (χ0n) is 22.6. The molecular formula is C28H35F3N6O3. The molecule has 216 valence electrons. The van der Waals surface area contributed by atoms with Gasteiger partial charge in [0.05, 0.1) is 18.7 Å². The van der Waals surface area contributed by atoms with E-state index in [0.717, 1.165) is 31.7 Å². The van der Waals surface area contributed by atoms with Crippen molar-refractivity contribution in [3.63, 3.8) is 0 Å². The van der Waals surface area contributed by atoms with Crippen LogP contribution in [0.1, 0.15) is 61.6 Å².